The van der Waals surface area contributed by atoms with Gasteiger partial charge >= 0.3 is 0 Å². The van der Waals surface area contributed by atoms with E-state index in [0.717, 1.165) is 38.9 Å². The van der Waals surface area contributed by atoms with Gasteiger partial charge in [0.05, 0.1) is 24.9 Å². The molecule has 1 aliphatic rings. The standard InChI is InChI=1S/C35H40N2O4/c1-24(34(39)28-8-4-3-5-9-28)37(2)22-31-20-33(27-14-12-25(23-38)13-15-27)41-35(40-31)29-18-16-26(17-19-29)32-11-7-6-10-30(32)21-36/h3-19,24,31,33-35,38-39H,20-23,36H2,1-2H3/t24-,31+,33-,34-,35-/m1/s1. The SMILES string of the molecule is C[C@H]([C@@H](O)c1ccccc1)N(C)C[C@@H]1C[C@H](c2ccc(CO)cc2)O[C@H](c2ccc(-c3ccccc3CN)cc2)O1. The summed E-state index contributed by atoms with van der Waals surface area (Å²) in [5.74, 6) is 0. The van der Waals surface area contributed by atoms with Crippen LogP contribution in [0.3, 0.4) is 0 Å². The first-order valence-electron chi connectivity index (χ1n) is 14.3. The summed E-state index contributed by atoms with van der Waals surface area (Å²) >= 11 is 0. The summed E-state index contributed by atoms with van der Waals surface area (Å²) in [4.78, 5) is 2.16. The molecular formula is C35H40N2O4. The molecule has 4 aromatic carbocycles. The molecule has 4 N–H and O–H groups in total. The molecule has 6 heteroatoms. The summed E-state index contributed by atoms with van der Waals surface area (Å²) < 4.78 is 13.1. The highest BCUT2D eigenvalue weighted by Crippen LogP contribution is 2.39. The quantitative estimate of drug-likeness (QED) is 0.227. The zero-order valence-electron chi connectivity index (χ0n) is 23.8. The Morgan fingerprint density at radius 2 is 1.51 bits per heavy atom. The van der Waals surface area contributed by atoms with Crippen LogP contribution < -0.4 is 5.73 Å². The minimum absolute atomic E-state index is 0.00617. The molecule has 1 fully saturated rings. The highest BCUT2D eigenvalue weighted by Gasteiger charge is 2.34. The van der Waals surface area contributed by atoms with Crippen LogP contribution in [0.1, 0.15) is 59.7 Å². The van der Waals surface area contributed by atoms with Crippen molar-refractivity contribution < 1.29 is 19.7 Å². The van der Waals surface area contributed by atoms with Crippen LogP contribution in [0.2, 0.25) is 0 Å². The van der Waals surface area contributed by atoms with Gasteiger partial charge < -0.3 is 25.4 Å². The molecule has 0 unspecified atom stereocenters. The lowest BCUT2D eigenvalue weighted by molar-refractivity contribution is -0.253. The lowest BCUT2D eigenvalue weighted by Gasteiger charge is -2.39. The van der Waals surface area contributed by atoms with E-state index in [2.05, 4.69) is 41.3 Å². The summed E-state index contributed by atoms with van der Waals surface area (Å²) in [6.45, 7) is 3.16. The van der Waals surface area contributed by atoms with Crippen LogP contribution in [0.4, 0.5) is 0 Å². The maximum absolute atomic E-state index is 11.0. The third-order valence-corrected chi connectivity index (χ3v) is 8.13. The molecule has 1 heterocycles. The zero-order chi connectivity index (χ0) is 28.8. The van der Waals surface area contributed by atoms with Crippen molar-refractivity contribution in [2.45, 2.75) is 57.1 Å². The van der Waals surface area contributed by atoms with E-state index in [1.54, 1.807) is 0 Å². The largest absolute Gasteiger partial charge is 0.392 e. The van der Waals surface area contributed by atoms with Crippen molar-refractivity contribution in [3.05, 3.63) is 131 Å². The van der Waals surface area contributed by atoms with Crippen LogP contribution in [-0.2, 0) is 22.6 Å². The average molecular weight is 553 g/mol. The fourth-order valence-corrected chi connectivity index (χ4v) is 5.49. The predicted molar refractivity (Wildman–Crippen MR) is 162 cm³/mol. The molecule has 0 radical (unpaired) electrons. The Labute approximate surface area is 243 Å². The van der Waals surface area contributed by atoms with Crippen molar-refractivity contribution in [3.63, 3.8) is 0 Å². The first-order valence-corrected chi connectivity index (χ1v) is 14.3. The number of aliphatic hydroxyl groups excluding tert-OH is 2. The minimum Gasteiger partial charge on any atom is -0.392 e. The third-order valence-electron chi connectivity index (χ3n) is 8.13. The summed E-state index contributed by atoms with van der Waals surface area (Å²) in [6, 6.07) is 34.1. The summed E-state index contributed by atoms with van der Waals surface area (Å²) in [7, 11) is 2.03. The van der Waals surface area contributed by atoms with Crippen LogP contribution in [0.15, 0.2) is 103 Å². The van der Waals surface area contributed by atoms with Gasteiger partial charge in [0.25, 0.3) is 0 Å². The van der Waals surface area contributed by atoms with E-state index >= 15 is 0 Å². The van der Waals surface area contributed by atoms with Gasteiger partial charge in [-0.1, -0.05) is 103 Å². The van der Waals surface area contributed by atoms with Crippen LogP contribution in [-0.4, -0.2) is 40.9 Å². The van der Waals surface area contributed by atoms with Gasteiger partial charge in [-0.15, -0.1) is 0 Å². The lowest BCUT2D eigenvalue weighted by atomic mass is 9.97. The number of likely N-dealkylation sites (N-methyl/N-ethyl adjacent to an activating group) is 1. The fourth-order valence-electron chi connectivity index (χ4n) is 5.49. The van der Waals surface area contributed by atoms with Crippen molar-refractivity contribution in [1.82, 2.24) is 4.90 Å². The number of hydrogen-bond acceptors (Lipinski definition) is 6. The molecule has 5 rings (SSSR count). The fraction of sp³-hybridized carbons (Fsp3) is 0.314. The Hall–Kier alpha value is -3.36. The van der Waals surface area contributed by atoms with Crippen molar-refractivity contribution >= 4 is 0 Å². The van der Waals surface area contributed by atoms with E-state index in [4.69, 9.17) is 15.2 Å². The number of ether oxygens (including phenoxy) is 2. The number of rotatable bonds is 10. The number of nitrogens with zero attached hydrogens (tertiary/aromatic N) is 1. The van der Waals surface area contributed by atoms with Gasteiger partial charge in [-0.25, -0.2) is 0 Å². The summed E-state index contributed by atoms with van der Waals surface area (Å²) in [5, 5.41) is 20.5. The number of nitrogens with two attached hydrogens (primary N) is 1. The van der Waals surface area contributed by atoms with Gasteiger partial charge in [-0.3, -0.25) is 4.90 Å². The van der Waals surface area contributed by atoms with Crippen molar-refractivity contribution in [1.29, 1.82) is 0 Å². The first kappa shape index (κ1) is 29.1. The molecule has 5 atom stereocenters. The predicted octanol–water partition coefficient (Wildman–Crippen LogP) is 5.90. The Balaban J connectivity index is 1.36. The minimum atomic E-state index is -0.609. The van der Waals surface area contributed by atoms with Crippen LogP contribution in [0.25, 0.3) is 11.1 Å². The van der Waals surface area contributed by atoms with Crippen molar-refractivity contribution in [2.75, 3.05) is 13.6 Å². The molecule has 4 aromatic rings. The normalized spacial score (nSPS) is 20.6. The monoisotopic (exact) mass is 552 g/mol. The molecule has 0 saturated carbocycles. The molecule has 0 spiro atoms. The molecular weight excluding hydrogens is 512 g/mol. The van der Waals surface area contributed by atoms with Crippen LogP contribution >= 0.6 is 0 Å². The molecule has 0 bridgehead atoms. The van der Waals surface area contributed by atoms with Crippen LogP contribution in [0, 0.1) is 0 Å². The lowest BCUT2D eigenvalue weighted by Crippen LogP contribution is -2.43. The molecule has 214 valence electrons. The van der Waals surface area contributed by atoms with Gasteiger partial charge in [0.15, 0.2) is 6.29 Å². The zero-order valence-corrected chi connectivity index (χ0v) is 23.8. The van der Waals surface area contributed by atoms with Gasteiger partial charge in [-0.05, 0) is 47.4 Å². The molecule has 0 aromatic heterocycles. The van der Waals surface area contributed by atoms with Gasteiger partial charge in [0.1, 0.15) is 0 Å². The third kappa shape index (κ3) is 6.93. The maximum Gasteiger partial charge on any atom is 0.184 e. The maximum atomic E-state index is 11.0. The molecule has 41 heavy (non-hydrogen) atoms. The highest BCUT2D eigenvalue weighted by molar-refractivity contribution is 5.67. The summed E-state index contributed by atoms with van der Waals surface area (Å²) in [6.07, 6.45) is -0.772. The number of hydrogen-bond donors (Lipinski definition) is 3. The second kappa shape index (κ2) is 13.5. The number of benzene rings is 4. The van der Waals surface area contributed by atoms with E-state index in [1.807, 2.05) is 80.7 Å². The van der Waals surface area contributed by atoms with E-state index in [-0.39, 0.29) is 24.9 Å². The Bertz CT molecular complexity index is 1380. The van der Waals surface area contributed by atoms with Crippen molar-refractivity contribution in [2.24, 2.45) is 5.73 Å². The molecule has 1 aliphatic heterocycles. The second-order valence-corrected chi connectivity index (χ2v) is 10.9. The number of aliphatic hydroxyl groups is 2. The van der Waals surface area contributed by atoms with Gasteiger partial charge in [-0.2, -0.15) is 0 Å². The first-order chi connectivity index (χ1) is 20.0. The molecule has 6 nitrogen and oxygen atoms in total. The smallest absolute Gasteiger partial charge is 0.184 e. The summed E-state index contributed by atoms with van der Waals surface area (Å²) in [5.41, 5.74) is 13.1. The topological polar surface area (TPSA) is 88.2 Å². The van der Waals surface area contributed by atoms with Crippen molar-refractivity contribution in [3.8, 4) is 11.1 Å². The molecule has 1 saturated heterocycles. The van der Waals surface area contributed by atoms with Crippen LogP contribution in [0.5, 0.6) is 0 Å². The van der Waals surface area contributed by atoms with Gasteiger partial charge in [0, 0.05) is 31.1 Å². The Morgan fingerprint density at radius 3 is 2.20 bits per heavy atom. The highest BCUT2D eigenvalue weighted by atomic mass is 16.7. The van der Waals surface area contributed by atoms with E-state index in [9.17, 15) is 10.2 Å². The Morgan fingerprint density at radius 1 is 0.854 bits per heavy atom. The van der Waals surface area contributed by atoms with E-state index in [1.165, 1.54) is 0 Å². The van der Waals surface area contributed by atoms with E-state index < -0.39 is 12.4 Å². The Kier molecular flexibility index (Phi) is 9.62. The molecule has 0 amide bonds. The second-order valence-electron chi connectivity index (χ2n) is 10.9. The molecule has 0 aliphatic carbocycles. The average Bonchev–Trinajstić information content (AvgIpc) is 3.04. The van der Waals surface area contributed by atoms with E-state index in [0.29, 0.717) is 19.5 Å². The van der Waals surface area contributed by atoms with Gasteiger partial charge in [0.2, 0.25) is 0 Å².